The van der Waals surface area contributed by atoms with E-state index < -0.39 is 0 Å². The Hall–Kier alpha value is -1.57. The van der Waals surface area contributed by atoms with E-state index in [0.717, 1.165) is 31.8 Å². The van der Waals surface area contributed by atoms with Crippen LogP contribution in [0.5, 0.6) is 0 Å². The summed E-state index contributed by atoms with van der Waals surface area (Å²) in [6.45, 7) is 7.44. The van der Waals surface area contributed by atoms with Crippen molar-refractivity contribution in [1.29, 1.82) is 0 Å². The first-order valence-electron chi connectivity index (χ1n) is 8.14. The molecule has 2 atom stereocenters. The van der Waals surface area contributed by atoms with Gasteiger partial charge >= 0.3 is 0 Å². The molecule has 2 nitrogen and oxygen atoms in total. The molecule has 0 bridgehead atoms. The van der Waals surface area contributed by atoms with Gasteiger partial charge in [-0.15, -0.1) is 0 Å². The van der Waals surface area contributed by atoms with Gasteiger partial charge in [0.05, 0.1) is 11.5 Å². The van der Waals surface area contributed by atoms with Crippen LogP contribution in [0.1, 0.15) is 51.2 Å². The number of hydrogen-bond acceptors (Lipinski definition) is 2. The summed E-state index contributed by atoms with van der Waals surface area (Å²) < 4.78 is 6.10. The second-order valence-electron chi connectivity index (χ2n) is 6.58. The average Bonchev–Trinajstić information content (AvgIpc) is 2.98. The van der Waals surface area contributed by atoms with Crippen LogP contribution < -0.4 is 0 Å². The molecule has 3 rings (SSSR count). The molecule has 0 spiro atoms. The van der Waals surface area contributed by atoms with Crippen molar-refractivity contribution in [2.75, 3.05) is 6.61 Å². The molecule has 0 radical (unpaired) electrons. The van der Waals surface area contributed by atoms with Crippen molar-refractivity contribution < 1.29 is 4.74 Å². The zero-order valence-electron chi connectivity index (χ0n) is 13.3. The summed E-state index contributed by atoms with van der Waals surface area (Å²) in [6.07, 6.45) is 7.75. The normalized spacial score (nSPS) is 27.4. The molecule has 0 fully saturated rings. The molecular weight excluding hydrogens is 258 g/mol. The number of nitrogens with zero attached hydrogens (tertiary/aromatic N) is 1. The molecule has 21 heavy (non-hydrogen) atoms. The Bertz CT molecular complexity index is 573. The number of ether oxygens (including phenoxy) is 1. The molecule has 1 aromatic carbocycles. The average molecular weight is 283 g/mol. The quantitative estimate of drug-likeness (QED) is 0.791. The zero-order valence-corrected chi connectivity index (χ0v) is 13.3. The first-order chi connectivity index (χ1) is 10.2. The Labute approximate surface area is 127 Å². The van der Waals surface area contributed by atoms with E-state index in [1.807, 2.05) is 0 Å². The van der Waals surface area contributed by atoms with Gasteiger partial charge in [0.25, 0.3) is 0 Å². The lowest BCUT2D eigenvalue weighted by Gasteiger charge is -2.36. The fourth-order valence-corrected chi connectivity index (χ4v) is 3.54. The van der Waals surface area contributed by atoms with Crippen molar-refractivity contribution in [2.24, 2.45) is 10.9 Å². The molecule has 1 aromatic rings. The highest BCUT2D eigenvalue weighted by atomic mass is 16.5. The maximum absolute atomic E-state index is 6.10. The van der Waals surface area contributed by atoms with Gasteiger partial charge in [-0.05, 0) is 29.9 Å². The fourth-order valence-electron chi connectivity index (χ4n) is 3.54. The van der Waals surface area contributed by atoms with Crippen molar-refractivity contribution in [2.45, 2.75) is 51.5 Å². The van der Waals surface area contributed by atoms with E-state index in [9.17, 15) is 0 Å². The van der Waals surface area contributed by atoms with Gasteiger partial charge in [0, 0.05) is 0 Å². The zero-order chi connectivity index (χ0) is 14.9. The number of aliphatic imine (C=N–C) groups is 1. The summed E-state index contributed by atoms with van der Waals surface area (Å²) in [7, 11) is 0. The van der Waals surface area contributed by atoms with E-state index in [-0.39, 0.29) is 5.41 Å². The largest absolute Gasteiger partial charge is 0.478 e. The number of allylic oxidation sites excluding steroid dienone is 1. The molecule has 1 aliphatic carbocycles. The lowest BCUT2D eigenvalue weighted by molar-refractivity contribution is 0.265. The molecule has 0 unspecified atom stereocenters. The van der Waals surface area contributed by atoms with Gasteiger partial charge in [-0.1, -0.05) is 63.6 Å². The predicted octanol–water partition coefficient (Wildman–Crippen LogP) is 4.59. The van der Waals surface area contributed by atoms with E-state index in [2.05, 4.69) is 57.2 Å². The molecule has 0 saturated carbocycles. The van der Waals surface area contributed by atoms with E-state index in [1.165, 1.54) is 11.1 Å². The van der Waals surface area contributed by atoms with Gasteiger partial charge in [-0.25, -0.2) is 4.99 Å². The molecule has 0 N–H and O–H groups in total. The van der Waals surface area contributed by atoms with Crippen molar-refractivity contribution in [1.82, 2.24) is 0 Å². The molecular formula is C19H25NO. The Morgan fingerprint density at radius 2 is 2.14 bits per heavy atom. The number of benzene rings is 1. The van der Waals surface area contributed by atoms with E-state index >= 15 is 0 Å². The second-order valence-corrected chi connectivity index (χ2v) is 6.58. The first kappa shape index (κ1) is 14.4. The van der Waals surface area contributed by atoms with E-state index in [0.29, 0.717) is 12.0 Å². The van der Waals surface area contributed by atoms with Crippen molar-refractivity contribution >= 4 is 12.0 Å². The summed E-state index contributed by atoms with van der Waals surface area (Å²) in [5, 5.41) is 0. The molecule has 1 aliphatic heterocycles. The Balaban J connectivity index is 2.06. The molecule has 1 heterocycles. The molecule has 0 aromatic heterocycles. The summed E-state index contributed by atoms with van der Waals surface area (Å²) in [5.74, 6) is 1.51. The van der Waals surface area contributed by atoms with E-state index in [1.54, 1.807) is 0 Å². The highest BCUT2D eigenvalue weighted by Crippen LogP contribution is 2.42. The second kappa shape index (κ2) is 5.67. The van der Waals surface area contributed by atoms with Crippen LogP contribution in [0, 0.1) is 5.92 Å². The molecule has 0 amide bonds. The van der Waals surface area contributed by atoms with Gasteiger partial charge in [0.15, 0.2) is 5.90 Å². The number of rotatable bonds is 4. The van der Waals surface area contributed by atoms with Crippen LogP contribution in [0.2, 0.25) is 0 Å². The fraction of sp³-hybridized carbons (Fsp3) is 0.526. The summed E-state index contributed by atoms with van der Waals surface area (Å²) >= 11 is 0. The molecule has 0 saturated heterocycles. The van der Waals surface area contributed by atoms with Gasteiger partial charge in [0.1, 0.15) is 6.61 Å². The minimum atomic E-state index is -0.0519. The minimum absolute atomic E-state index is 0.0519. The van der Waals surface area contributed by atoms with Crippen LogP contribution in [0.15, 0.2) is 35.3 Å². The Morgan fingerprint density at radius 3 is 2.86 bits per heavy atom. The smallest absolute Gasteiger partial charge is 0.195 e. The van der Waals surface area contributed by atoms with Gasteiger partial charge in [-0.3, -0.25) is 0 Å². The molecule has 2 aliphatic rings. The SMILES string of the molecule is CCC[C@]1(C2=N[C@@H](C(C)C)CO2)CC=Cc2ccccc21. The van der Waals surface area contributed by atoms with Crippen LogP contribution in [0.25, 0.3) is 6.08 Å². The third kappa shape index (κ3) is 2.41. The van der Waals surface area contributed by atoms with Gasteiger partial charge in [0.2, 0.25) is 0 Å². The van der Waals surface area contributed by atoms with Crippen LogP contribution in [-0.2, 0) is 10.2 Å². The van der Waals surface area contributed by atoms with Gasteiger partial charge < -0.3 is 4.74 Å². The molecule has 2 heteroatoms. The number of hydrogen-bond donors (Lipinski definition) is 0. The minimum Gasteiger partial charge on any atom is -0.478 e. The lowest BCUT2D eigenvalue weighted by Crippen LogP contribution is -2.37. The van der Waals surface area contributed by atoms with Gasteiger partial charge in [-0.2, -0.15) is 0 Å². The van der Waals surface area contributed by atoms with Crippen LogP contribution in [0.4, 0.5) is 0 Å². The van der Waals surface area contributed by atoms with Crippen LogP contribution in [-0.4, -0.2) is 18.5 Å². The summed E-state index contributed by atoms with van der Waals surface area (Å²) in [4.78, 5) is 4.96. The standard InChI is InChI=1S/C19H25NO/c1-4-11-19(18-20-17(13-21-18)14(2)3)12-7-9-15-8-5-6-10-16(15)19/h5-10,14,17H,4,11-13H2,1-3H3/t17-,19+/m1/s1. The van der Waals surface area contributed by atoms with Crippen molar-refractivity contribution in [3.8, 4) is 0 Å². The Morgan fingerprint density at radius 1 is 1.33 bits per heavy atom. The molecule has 112 valence electrons. The third-order valence-electron chi connectivity index (χ3n) is 4.77. The third-order valence-corrected chi connectivity index (χ3v) is 4.77. The highest BCUT2D eigenvalue weighted by molar-refractivity contribution is 5.92. The Kier molecular flexibility index (Phi) is 3.88. The maximum Gasteiger partial charge on any atom is 0.195 e. The first-order valence-corrected chi connectivity index (χ1v) is 8.14. The lowest BCUT2D eigenvalue weighted by atomic mass is 9.69. The predicted molar refractivity (Wildman–Crippen MR) is 88.7 cm³/mol. The number of fused-ring (bicyclic) bond motifs is 1. The maximum atomic E-state index is 6.10. The van der Waals surface area contributed by atoms with Crippen LogP contribution in [0.3, 0.4) is 0 Å². The van der Waals surface area contributed by atoms with Crippen molar-refractivity contribution in [3.63, 3.8) is 0 Å². The monoisotopic (exact) mass is 283 g/mol. The van der Waals surface area contributed by atoms with Crippen molar-refractivity contribution in [3.05, 3.63) is 41.5 Å². The summed E-state index contributed by atoms with van der Waals surface area (Å²) in [6, 6.07) is 9.01. The topological polar surface area (TPSA) is 21.6 Å². The van der Waals surface area contributed by atoms with E-state index in [4.69, 9.17) is 9.73 Å². The van der Waals surface area contributed by atoms with Crippen LogP contribution >= 0.6 is 0 Å². The summed E-state index contributed by atoms with van der Waals surface area (Å²) in [5.41, 5.74) is 2.65. The highest BCUT2D eigenvalue weighted by Gasteiger charge is 2.43.